The molecule has 2 unspecified atom stereocenters. The molecule has 0 amide bonds. The van der Waals surface area contributed by atoms with E-state index < -0.39 is 0 Å². The Hall–Kier alpha value is -3.01. The second kappa shape index (κ2) is 5.76. The van der Waals surface area contributed by atoms with Crippen LogP contribution in [0.5, 0.6) is 0 Å². The highest BCUT2D eigenvalue weighted by atomic mass is 16.1. The van der Waals surface area contributed by atoms with E-state index in [1.807, 2.05) is 6.20 Å². The van der Waals surface area contributed by atoms with Crippen LogP contribution in [0.3, 0.4) is 0 Å². The zero-order valence-electron chi connectivity index (χ0n) is 16.8. The molecule has 2 fully saturated rings. The molecule has 29 heavy (non-hydrogen) atoms. The Kier molecular flexibility index (Phi) is 3.58. The Morgan fingerprint density at radius 3 is 2.14 bits per heavy atom. The number of carbonyl (C=O) groups is 3. The van der Waals surface area contributed by atoms with Gasteiger partial charge in [0.05, 0.1) is 0 Å². The van der Waals surface area contributed by atoms with Crippen molar-refractivity contribution in [2.45, 2.75) is 33.6 Å². The smallest absolute Gasteiger partial charge is 0.194 e. The summed E-state index contributed by atoms with van der Waals surface area (Å²) in [5.41, 5.74) is 2.94. The number of allylic oxidation sites excluding steroid dienone is 1. The van der Waals surface area contributed by atoms with Crippen LogP contribution in [0, 0.1) is 16.7 Å². The summed E-state index contributed by atoms with van der Waals surface area (Å²) in [6, 6.07) is 12.1. The number of nitrogens with one attached hydrogen (secondary N) is 1. The first-order valence-corrected chi connectivity index (χ1v) is 10.1. The Morgan fingerprint density at radius 2 is 1.52 bits per heavy atom. The molecule has 4 heteroatoms. The van der Waals surface area contributed by atoms with Crippen LogP contribution in [0.25, 0.3) is 0 Å². The van der Waals surface area contributed by atoms with Crippen LogP contribution in [-0.4, -0.2) is 17.3 Å². The van der Waals surface area contributed by atoms with Crippen LogP contribution >= 0.6 is 0 Å². The van der Waals surface area contributed by atoms with E-state index in [4.69, 9.17) is 0 Å². The van der Waals surface area contributed by atoms with Gasteiger partial charge in [-0.2, -0.15) is 0 Å². The van der Waals surface area contributed by atoms with Crippen molar-refractivity contribution >= 4 is 23.0 Å². The number of carbonyl (C=O) groups excluding carboxylic acids is 3. The number of hydrogen-bond donors (Lipinski definition) is 1. The van der Waals surface area contributed by atoms with Gasteiger partial charge < -0.3 is 5.32 Å². The fourth-order valence-corrected chi connectivity index (χ4v) is 5.44. The van der Waals surface area contributed by atoms with E-state index >= 15 is 0 Å². The first-order chi connectivity index (χ1) is 13.8. The molecule has 3 aliphatic rings. The fraction of sp³-hybridized carbons (Fsp3) is 0.320. The monoisotopic (exact) mass is 385 g/mol. The van der Waals surface area contributed by atoms with Crippen molar-refractivity contribution in [1.29, 1.82) is 0 Å². The number of Topliss-reactive ketones (excluding diaryl/α,β-unsaturated/α-hetero) is 1. The third-order valence-corrected chi connectivity index (χ3v) is 7.68. The predicted octanol–water partition coefficient (Wildman–Crippen LogP) is 4.78. The summed E-state index contributed by atoms with van der Waals surface area (Å²) >= 11 is 0. The van der Waals surface area contributed by atoms with Gasteiger partial charge in [0.2, 0.25) is 0 Å². The zero-order valence-corrected chi connectivity index (χ0v) is 16.8. The van der Waals surface area contributed by atoms with Gasteiger partial charge >= 0.3 is 0 Å². The average Bonchev–Trinajstić information content (AvgIpc) is 3.03. The Balaban J connectivity index is 1.48. The highest BCUT2D eigenvalue weighted by molar-refractivity contribution is 6.28. The number of fused-ring (bicyclic) bond motifs is 4. The van der Waals surface area contributed by atoms with Crippen molar-refractivity contribution in [2.75, 3.05) is 5.32 Å². The van der Waals surface area contributed by atoms with E-state index in [0.29, 0.717) is 27.9 Å². The standard InChI is InChI=1S/C25H23NO3/c1-24(2)20-10-11-25(24,3)23(29)19(20)13-26-14-8-9-17-18(12-14)22(28)16-7-5-4-6-15(16)21(17)27/h4-9,12-13,20,26H,10-11H2,1-3H3/b19-13-. The lowest BCUT2D eigenvalue weighted by molar-refractivity contribution is -0.125. The minimum absolute atomic E-state index is 0.0421. The van der Waals surface area contributed by atoms with Crippen LogP contribution in [0.4, 0.5) is 5.69 Å². The van der Waals surface area contributed by atoms with Crippen molar-refractivity contribution in [3.8, 4) is 0 Å². The number of ketones is 3. The van der Waals surface area contributed by atoms with Crippen LogP contribution in [-0.2, 0) is 4.79 Å². The Labute approximate surface area is 170 Å². The van der Waals surface area contributed by atoms with Gasteiger partial charge in [-0.25, -0.2) is 0 Å². The molecule has 0 aliphatic heterocycles. The summed E-state index contributed by atoms with van der Waals surface area (Å²) in [6.45, 7) is 6.45. The highest BCUT2D eigenvalue weighted by Gasteiger charge is 2.63. The summed E-state index contributed by atoms with van der Waals surface area (Å²) in [5.74, 6) is 0.207. The Bertz CT molecular complexity index is 1140. The van der Waals surface area contributed by atoms with E-state index in [9.17, 15) is 14.4 Å². The summed E-state index contributed by atoms with van der Waals surface area (Å²) in [4.78, 5) is 38.6. The maximum atomic E-state index is 13.0. The molecule has 0 spiro atoms. The minimum atomic E-state index is -0.298. The number of anilines is 1. The lowest BCUT2D eigenvalue weighted by atomic mass is 9.70. The number of rotatable bonds is 2. The lowest BCUT2D eigenvalue weighted by Crippen LogP contribution is -2.32. The van der Waals surface area contributed by atoms with Crippen molar-refractivity contribution in [2.24, 2.45) is 16.7 Å². The second-order valence-corrected chi connectivity index (χ2v) is 9.18. The van der Waals surface area contributed by atoms with E-state index in [1.54, 1.807) is 42.5 Å². The SMILES string of the molecule is CC12CCC(/C(=C/Nc3ccc4c(c3)C(=O)c3ccccc3C4=O)C1=O)C2(C)C. The summed E-state index contributed by atoms with van der Waals surface area (Å²) in [5, 5.41) is 3.22. The zero-order chi connectivity index (χ0) is 20.6. The van der Waals surface area contributed by atoms with E-state index in [0.717, 1.165) is 18.4 Å². The van der Waals surface area contributed by atoms with Crippen molar-refractivity contribution in [3.63, 3.8) is 0 Å². The molecule has 2 aromatic rings. The summed E-state index contributed by atoms with van der Waals surface area (Å²) in [7, 11) is 0. The van der Waals surface area contributed by atoms with Gasteiger partial charge in [-0.15, -0.1) is 0 Å². The quantitative estimate of drug-likeness (QED) is 0.645. The molecular weight excluding hydrogens is 362 g/mol. The predicted molar refractivity (Wildman–Crippen MR) is 111 cm³/mol. The molecule has 0 saturated heterocycles. The number of hydrogen-bond acceptors (Lipinski definition) is 4. The maximum Gasteiger partial charge on any atom is 0.194 e. The molecule has 3 aliphatic carbocycles. The molecule has 5 rings (SSSR count). The molecule has 2 saturated carbocycles. The second-order valence-electron chi connectivity index (χ2n) is 9.18. The van der Waals surface area contributed by atoms with Crippen LogP contribution in [0.1, 0.15) is 65.5 Å². The molecular formula is C25H23NO3. The lowest BCUT2D eigenvalue weighted by Gasteiger charge is -2.31. The van der Waals surface area contributed by atoms with Crippen LogP contribution in [0.2, 0.25) is 0 Å². The Morgan fingerprint density at radius 1 is 0.897 bits per heavy atom. The highest BCUT2D eigenvalue weighted by Crippen LogP contribution is 2.65. The third kappa shape index (κ3) is 2.23. The first kappa shape index (κ1) is 18.0. The van der Waals surface area contributed by atoms with Crippen molar-refractivity contribution < 1.29 is 14.4 Å². The molecule has 2 bridgehead atoms. The maximum absolute atomic E-state index is 13.0. The molecule has 0 heterocycles. The summed E-state index contributed by atoms with van der Waals surface area (Å²) in [6.07, 6.45) is 3.77. The fourth-order valence-electron chi connectivity index (χ4n) is 5.44. The molecule has 1 N–H and O–H groups in total. The molecule has 2 aromatic carbocycles. The van der Waals surface area contributed by atoms with E-state index in [1.165, 1.54) is 0 Å². The van der Waals surface area contributed by atoms with Crippen LogP contribution in [0.15, 0.2) is 54.2 Å². The van der Waals surface area contributed by atoms with Gasteiger partial charge in [-0.3, -0.25) is 14.4 Å². The molecule has 2 atom stereocenters. The van der Waals surface area contributed by atoms with Crippen molar-refractivity contribution in [1.82, 2.24) is 0 Å². The number of benzene rings is 2. The average molecular weight is 385 g/mol. The van der Waals surface area contributed by atoms with Gasteiger partial charge in [0, 0.05) is 45.1 Å². The molecule has 4 nitrogen and oxygen atoms in total. The largest absolute Gasteiger partial charge is 0.361 e. The van der Waals surface area contributed by atoms with Gasteiger partial charge in [0.25, 0.3) is 0 Å². The molecule has 0 aromatic heterocycles. The van der Waals surface area contributed by atoms with Crippen molar-refractivity contribution in [3.05, 3.63) is 76.5 Å². The molecule has 0 radical (unpaired) electrons. The van der Waals surface area contributed by atoms with E-state index in [2.05, 4.69) is 26.1 Å². The van der Waals surface area contributed by atoms with Gasteiger partial charge in [0.15, 0.2) is 17.3 Å². The third-order valence-electron chi connectivity index (χ3n) is 7.68. The topological polar surface area (TPSA) is 63.2 Å². The van der Waals surface area contributed by atoms with Gasteiger partial charge in [-0.05, 0) is 42.4 Å². The summed E-state index contributed by atoms with van der Waals surface area (Å²) < 4.78 is 0. The minimum Gasteiger partial charge on any atom is -0.361 e. The molecule has 146 valence electrons. The van der Waals surface area contributed by atoms with Gasteiger partial charge in [-0.1, -0.05) is 45.0 Å². The first-order valence-electron chi connectivity index (χ1n) is 10.1. The van der Waals surface area contributed by atoms with Crippen LogP contribution < -0.4 is 5.32 Å². The normalized spacial score (nSPS) is 27.9. The van der Waals surface area contributed by atoms with Gasteiger partial charge in [0.1, 0.15) is 0 Å². The van der Waals surface area contributed by atoms with E-state index in [-0.39, 0.29) is 34.1 Å².